The van der Waals surface area contributed by atoms with Crippen LogP contribution >= 0.6 is 0 Å². The molecule has 1 heterocycles. The van der Waals surface area contributed by atoms with Gasteiger partial charge in [-0.05, 0) is 43.8 Å². The minimum absolute atomic E-state index is 0.526. The molecule has 0 saturated carbocycles. The summed E-state index contributed by atoms with van der Waals surface area (Å²) in [5, 5.41) is 9.94. The highest BCUT2D eigenvalue weighted by molar-refractivity contribution is 5.82. The summed E-state index contributed by atoms with van der Waals surface area (Å²) in [5.74, 6) is 0.123. The molecule has 0 aromatic heterocycles. The predicted octanol–water partition coefficient (Wildman–Crippen LogP) is 2.86. The molecule has 1 aliphatic rings. The molecule has 1 N–H and O–H groups in total. The highest BCUT2D eigenvalue weighted by Crippen LogP contribution is 2.35. The molecule has 1 atom stereocenters. The van der Waals surface area contributed by atoms with E-state index in [4.69, 9.17) is 4.74 Å². The van der Waals surface area contributed by atoms with E-state index in [0.29, 0.717) is 19.6 Å². The van der Waals surface area contributed by atoms with Crippen LogP contribution < -0.4 is 4.74 Å². The summed E-state index contributed by atoms with van der Waals surface area (Å²) < 4.78 is 5.82. The van der Waals surface area contributed by atoms with Crippen LogP contribution in [0.3, 0.4) is 0 Å². The lowest BCUT2D eigenvalue weighted by Crippen LogP contribution is -2.38. The van der Waals surface area contributed by atoms with Gasteiger partial charge in [-0.25, -0.2) is 0 Å². The first-order chi connectivity index (χ1) is 13.0. The summed E-state index contributed by atoms with van der Waals surface area (Å²) in [6.07, 6.45) is 0.630. The molecule has 27 heavy (non-hydrogen) atoms. The van der Waals surface area contributed by atoms with Crippen LogP contribution in [0.4, 0.5) is 0 Å². The van der Waals surface area contributed by atoms with Crippen LogP contribution in [-0.4, -0.2) is 61.2 Å². The number of aliphatic carboxylic acids is 1. The lowest BCUT2D eigenvalue weighted by molar-refractivity contribution is -0.143. The smallest absolute Gasteiger partial charge is 0.315 e. The minimum atomic E-state index is -0.818. The monoisotopic (exact) mass is 368 g/mol. The van der Waals surface area contributed by atoms with Crippen LogP contribution in [-0.2, 0) is 16.8 Å². The fourth-order valence-electron chi connectivity index (χ4n) is 3.65. The van der Waals surface area contributed by atoms with E-state index < -0.39 is 11.4 Å². The van der Waals surface area contributed by atoms with Crippen molar-refractivity contribution in [1.82, 2.24) is 9.80 Å². The van der Waals surface area contributed by atoms with E-state index >= 15 is 0 Å². The molecule has 2 aromatic carbocycles. The van der Waals surface area contributed by atoms with Crippen LogP contribution in [0.5, 0.6) is 5.75 Å². The lowest BCUT2D eigenvalue weighted by atomic mass is 9.80. The molecule has 144 valence electrons. The van der Waals surface area contributed by atoms with E-state index in [1.165, 1.54) is 0 Å². The van der Waals surface area contributed by atoms with Gasteiger partial charge in [0.15, 0.2) is 0 Å². The highest BCUT2D eigenvalue weighted by Gasteiger charge is 2.46. The van der Waals surface area contributed by atoms with Crippen molar-refractivity contribution in [3.63, 3.8) is 0 Å². The average molecular weight is 368 g/mol. The molecule has 5 heteroatoms. The molecule has 5 nitrogen and oxygen atoms in total. The number of hydrogen-bond donors (Lipinski definition) is 1. The third-order valence-corrected chi connectivity index (χ3v) is 5.20. The fourth-order valence-corrected chi connectivity index (χ4v) is 3.65. The molecule has 1 saturated heterocycles. The Kier molecular flexibility index (Phi) is 6.14. The quantitative estimate of drug-likeness (QED) is 0.777. The summed E-state index contributed by atoms with van der Waals surface area (Å²) in [6, 6.07) is 17.7. The van der Waals surface area contributed by atoms with Gasteiger partial charge in [-0.2, -0.15) is 0 Å². The summed E-state index contributed by atoms with van der Waals surface area (Å²) in [6.45, 7) is 3.54. The van der Waals surface area contributed by atoms with Crippen LogP contribution in [0.2, 0.25) is 0 Å². The number of likely N-dealkylation sites (N-methyl/N-ethyl adjacent to an activating group) is 1. The Morgan fingerprint density at radius 1 is 1.19 bits per heavy atom. The van der Waals surface area contributed by atoms with Crippen LogP contribution in [0, 0.1) is 0 Å². The third kappa shape index (κ3) is 4.67. The lowest BCUT2D eigenvalue weighted by Gasteiger charge is -2.25. The van der Waals surface area contributed by atoms with Crippen molar-refractivity contribution < 1.29 is 14.6 Å². The molecule has 0 radical (unpaired) electrons. The maximum atomic E-state index is 12.1. The van der Waals surface area contributed by atoms with Crippen LogP contribution in [0.25, 0.3) is 0 Å². The Balaban J connectivity index is 1.66. The zero-order valence-corrected chi connectivity index (χ0v) is 16.1. The Morgan fingerprint density at radius 2 is 1.96 bits per heavy atom. The van der Waals surface area contributed by atoms with Crippen LogP contribution in [0.15, 0.2) is 54.6 Å². The van der Waals surface area contributed by atoms with E-state index in [1.54, 1.807) is 0 Å². The van der Waals surface area contributed by atoms with Gasteiger partial charge in [0.1, 0.15) is 17.8 Å². The maximum absolute atomic E-state index is 12.1. The van der Waals surface area contributed by atoms with Gasteiger partial charge >= 0.3 is 5.97 Å². The number of nitrogens with zero attached hydrogens (tertiary/aromatic N) is 2. The van der Waals surface area contributed by atoms with E-state index in [0.717, 1.165) is 36.5 Å². The van der Waals surface area contributed by atoms with Gasteiger partial charge in [-0.3, -0.25) is 9.69 Å². The zero-order valence-electron chi connectivity index (χ0n) is 16.1. The Labute approximate surface area is 161 Å². The maximum Gasteiger partial charge on any atom is 0.315 e. The standard InChI is InChI=1S/C22H28N2O3/c1-23(2)13-14-27-20-10-6-7-18(15-20)16-24-12-11-22(17-24,21(25)26)19-8-4-3-5-9-19/h3-10,15H,11-14,16-17H2,1-2H3,(H,25,26)/t22-/m1/s1. The van der Waals surface area contributed by atoms with E-state index in [9.17, 15) is 9.90 Å². The summed E-state index contributed by atoms with van der Waals surface area (Å²) >= 11 is 0. The average Bonchev–Trinajstić information content (AvgIpc) is 3.08. The number of carboxylic acids is 1. The van der Waals surface area contributed by atoms with Gasteiger partial charge in [0.25, 0.3) is 0 Å². The number of likely N-dealkylation sites (tertiary alicyclic amines) is 1. The largest absolute Gasteiger partial charge is 0.492 e. The van der Waals surface area contributed by atoms with E-state index in [-0.39, 0.29) is 0 Å². The molecular formula is C22H28N2O3. The second kappa shape index (κ2) is 8.55. The SMILES string of the molecule is CN(C)CCOc1cccc(CN2CC[C@](C(=O)O)(c3ccccc3)C2)c1. The molecule has 0 spiro atoms. The van der Waals surface area contributed by atoms with Gasteiger partial charge in [0.05, 0.1) is 0 Å². The molecule has 0 aliphatic carbocycles. The number of ether oxygens (including phenoxy) is 1. The van der Waals surface area contributed by atoms with Crippen molar-refractivity contribution in [2.24, 2.45) is 0 Å². The minimum Gasteiger partial charge on any atom is -0.492 e. The molecule has 1 fully saturated rings. The molecule has 3 rings (SSSR count). The normalized spacial score (nSPS) is 20.1. The van der Waals surface area contributed by atoms with Gasteiger partial charge in [-0.15, -0.1) is 0 Å². The second-order valence-corrected chi connectivity index (χ2v) is 7.51. The molecule has 2 aromatic rings. The third-order valence-electron chi connectivity index (χ3n) is 5.20. The van der Waals surface area contributed by atoms with Crippen molar-refractivity contribution in [1.29, 1.82) is 0 Å². The van der Waals surface area contributed by atoms with Gasteiger partial charge < -0.3 is 14.7 Å². The molecule has 0 amide bonds. The second-order valence-electron chi connectivity index (χ2n) is 7.51. The Hall–Kier alpha value is -2.37. The van der Waals surface area contributed by atoms with Gasteiger partial charge in [0, 0.05) is 26.2 Å². The van der Waals surface area contributed by atoms with Gasteiger partial charge in [-0.1, -0.05) is 42.5 Å². The first kappa shape index (κ1) is 19.4. The van der Waals surface area contributed by atoms with E-state index in [2.05, 4.69) is 21.9 Å². The van der Waals surface area contributed by atoms with Crippen molar-refractivity contribution in [3.8, 4) is 5.75 Å². The number of rotatable bonds is 8. The molecule has 1 aliphatic heterocycles. The molecular weight excluding hydrogens is 340 g/mol. The number of hydrogen-bond acceptors (Lipinski definition) is 4. The van der Waals surface area contributed by atoms with E-state index in [1.807, 2.05) is 56.6 Å². The highest BCUT2D eigenvalue weighted by atomic mass is 16.5. The molecule has 0 unspecified atom stereocenters. The summed E-state index contributed by atoms with van der Waals surface area (Å²) in [4.78, 5) is 16.4. The summed E-state index contributed by atoms with van der Waals surface area (Å²) in [5.41, 5.74) is 1.22. The predicted molar refractivity (Wildman–Crippen MR) is 106 cm³/mol. The Morgan fingerprint density at radius 3 is 2.67 bits per heavy atom. The van der Waals surface area contributed by atoms with Crippen molar-refractivity contribution in [3.05, 3.63) is 65.7 Å². The molecule has 0 bridgehead atoms. The van der Waals surface area contributed by atoms with Crippen molar-refractivity contribution in [2.45, 2.75) is 18.4 Å². The Bertz CT molecular complexity index is 763. The first-order valence-electron chi connectivity index (χ1n) is 9.37. The summed E-state index contributed by atoms with van der Waals surface area (Å²) in [7, 11) is 4.04. The first-order valence-corrected chi connectivity index (χ1v) is 9.37. The number of benzene rings is 2. The van der Waals surface area contributed by atoms with Crippen molar-refractivity contribution in [2.75, 3.05) is 40.3 Å². The van der Waals surface area contributed by atoms with Crippen LogP contribution in [0.1, 0.15) is 17.5 Å². The zero-order chi connectivity index (χ0) is 19.3. The topological polar surface area (TPSA) is 53.0 Å². The van der Waals surface area contributed by atoms with Gasteiger partial charge in [0.2, 0.25) is 0 Å². The number of carboxylic acid groups (broad SMARTS) is 1. The number of carbonyl (C=O) groups is 1. The fraction of sp³-hybridized carbons (Fsp3) is 0.409. The van der Waals surface area contributed by atoms with Crippen molar-refractivity contribution >= 4 is 5.97 Å².